The van der Waals surface area contributed by atoms with E-state index in [4.69, 9.17) is 8.83 Å². The van der Waals surface area contributed by atoms with Gasteiger partial charge in [-0.3, -0.25) is 0 Å². The van der Waals surface area contributed by atoms with Gasteiger partial charge in [0.15, 0.2) is 0 Å². The predicted molar refractivity (Wildman–Crippen MR) is 277 cm³/mol. The van der Waals surface area contributed by atoms with Crippen molar-refractivity contribution in [1.82, 2.24) is 18.3 Å². The lowest BCUT2D eigenvalue weighted by molar-refractivity contribution is 0.663. The van der Waals surface area contributed by atoms with Crippen LogP contribution in [-0.2, 0) is 0 Å². The van der Waals surface area contributed by atoms with Gasteiger partial charge in [0.05, 0.1) is 64.6 Å². The van der Waals surface area contributed by atoms with E-state index >= 15 is 0 Å². The van der Waals surface area contributed by atoms with Crippen LogP contribution in [0, 0.1) is 0 Å². The Labute approximate surface area is 377 Å². The summed E-state index contributed by atoms with van der Waals surface area (Å²) in [5, 5.41) is 10.1. The molecule has 0 amide bonds. The Morgan fingerprint density at radius 1 is 0.258 bits per heavy atom. The standard InChI is InChI=1S/C58H34N4O2P2/c1-5-17-35(18-6-1)59-41-25-13-29-47-53(41)65-55-43(27-15-31-49(55)63-47)61(37-21-9-3-10-22-37)51-40-34-46-58-52(39(40)33-45(59)57(51)65)62(38-23-11-4-12-24-38)44-28-16-32-50-56(44)66(58)54-42(26-14-30-48(54)64-50)60(46)36-19-7-2-8-20-36/h1-34H. The first-order chi connectivity index (χ1) is 32.8. The second-order valence-electron chi connectivity index (χ2n) is 17.3. The molecule has 6 aromatic heterocycles. The molecule has 16 rings (SSSR count). The molecule has 6 heterocycles. The van der Waals surface area contributed by atoms with Crippen molar-refractivity contribution in [3.63, 3.8) is 0 Å². The molecule has 0 radical (unpaired) electrons. The number of aromatic nitrogens is 4. The van der Waals surface area contributed by atoms with Crippen LogP contribution in [-0.4, -0.2) is 18.3 Å². The van der Waals surface area contributed by atoms with E-state index in [9.17, 15) is 0 Å². The minimum absolute atomic E-state index is 0.933. The van der Waals surface area contributed by atoms with Crippen molar-refractivity contribution in [2.75, 3.05) is 0 Å². The zero-order valence-corrected chi connectivity index (χ0v) is 36.9. The summed E-state index contributed by atoms with van der Waals surface area (Å²) in [7, 11) is -2.14. The fourth-order valence-electron chi connectivity index (χ4n) is 11.5. The molecule has 0 aliphatic heterocycles. The number of hydrogen-bond acceptors (Lipinski definition) is 2. The highest BCUT2D eigenvalue weighted by atomic mass is 31.1. The van der Waals surface area contributed by atoms with Crippen LogP contribution < -0.4 is 0 Å². The van der Waals surface area contributed by atoms with Gasteiger partial charge in [0.25, 0.3) is 0 Å². The molecule has 0 fully saturated rings. The molecule has 2 unspecified atom stereocenters. The third kappa shape index (κ3) is 4.38. The normalized spacial score (nSPS) is 13.1. The van der Waals surface area contributed by atoms with Gasteiger partial charge in [0, 0.05) is 43.8 Å². The Morgan fingerprint density at radius 2 is 0.545 bits per heavy atom. The summed E-state index contributed by atoms with van der Waals surface area (Å²) in [6, 6.07) is 75.4. The van der Waals surface area contributed by atoms with Crippen LogP contribution in [0.5, 0.6) is 0 Å². The number of hydrogen-bond donors (Lipinski definition) is 0. The Kier molecular flexibility index (Phi) is 6.82. The summed E-state index contributed by atoms with van der Waals surface area (Å²) >= 11 is 0. The molecule has 0 saturated heterocycles. The summed E-state index contributed by atoms with van der Waals surface area (Å²) < 4.78 is 24.1. The Balaban J connectivity index is 1.31. The monoisotopic (exact) mass is 880 g/mol. The van der Waals surface area contributed by atoms with E-state index in [1.807, 2.05) is 0 Å². The van der Waals surface area contributed by atoms with E-state index in [1.165, 1.54) is 74.6 Å². The number of fused-ring (bicyclic) bond motifs is 3. The molecule has 8 heteroatoms. The molecular formula is C58H34N4O2P2. The van der Waals surface area contributed by atoms with Crippen molar-refractivity contribution < 1.29 is 8.83 Å². The van der Waals surface area contributed by atoms with Gasteiger partial charge in [-0.1, -0.05) is 112 Å². The molecule has 10 aromatic carbocycles. The maximum atomic E-state index is 6.98. The van der Waals surface area contributed by atoms with E-state index in [0.717, 1.165) is 56.1 Å². The summed E-state index contributed by atoms with van der Waals surface area (Å²) in [6.45, 7) is 0. The highest BCUT2D eigenvalue weighted by Crippen LogP contribution is 2.60. The maximum absolute atomic E-state index is 6.98. The highest BCUT2D eigenvalue weighted by molar-refractivity contribution is 7.64. The molecule has 0 N–H and O–H groups in total. The summed E-state index contributed by atoms with van der Waals surface area (Å²) in [4.78, 5) is 0. The van der Waals surface area contributed by atoms with Crippen LogP contribution >= 0.6 is 14.7 Å². The average molecular weight is 881 g/mol. The highest BCUT2D eigenvalue weighted by Gasteiger charge is 2.30. The van der Waals surface area contributed by atoms with Crippen molar-refractivity contribution in [2.24, 2.45) is 0 Å². The van der Waals surface area contributed by atoms with Gasteiger partial charge in [-0.05, 0) is 109 Å². The van der Waals surface area contributed by atoms with Crippen LogP contribution in [0.2, 0.25) is 0 Å². The largest absolute Gasteiger partial charge is 0.455 e. The molecule has 308 valence electrons. The van der Waals surface area contributed by atoms with Gasteiger partial charge in [0.2, 0.25) is 0 Å². The van der Waals surface area contributed by atoms with Gasteiger partial charge in [-0.25, -0.2) is 0 Å². The van der Waals surface area contributed by atoms with E-state index in [-0.39, 0.29) is 0 Å². The average Bonchev–Trinajstić information content (AvgIpc) is 3.37. The van der Waals surface area contributed by atoms with Crippen molar-refractivity contribution in [3.8, 4) is 22.7 Å². The van der Waals surface area contributed by atoms with Gasteiger partial charge < -0.3 is 27.1 Å². The fraction of sp³-hybridized carbons (Fsp3) is 0. The minimum Gasteiger partial charge on any atom is -0.455 e. The quantitative estimate of drug-likeness (QED) is 0.131. The van der Waals surface area contributed by atoms with Gasteiger partial charge in [-0.2, -0.15) is 0 Å². The molecule has 66 heavy (non-hydrogen) atoms. The number of benzene rings is 10. The second-order valence-corrected chi connectivity index (χ2v) is 21.4. The molecule has 6 nitrogen and oxygen atoms in total. The number of para-hydroxylation sites is 4. The third-order valence-electron chi connectivity index (χ3n) is 13.9. The number of rotatable bonds is 4. The maximum Gasteiger partial charge on any atom is 0.141 e. The molecule has 0 spiro atoms. The van der Waals surface area contributed by atoms with Crippen LogP contribution in [0.25, 0.3) is 131 Å². The first kappa shape index (κ1) is 35.2. The topological polar surface area (TPSA) is 46.0 Å². The molecular weight excluding hydrogens is 847 g/mol. The van der Waals surface area contributed by atoms with Crippen LogP contribution in [0.15, 0.2) is 215 Å². The summed E-state index contributed by atoms with van der Waals surface area (Å²) in [5.74, 6) is 0. The molecule has 0 bridgehead atoms. The van der Waals surface area contributed by atoms with Gasteiger partial charge in [0.1, 0.15) is 22.3 Å². The van der Waals surface area contributed by atoms with Crippen molar-refractivity contribution >= 4 is 123 Å². The van der Waals surface area contributed by atoms with Crippen molar-refractivity contribution in [1.29, 1.82) is 0 Å². The van der Waals surface area contributed by atoms with Gasteiger partial charge >= 0.3 is 0 Å². The lowest BCUT2D eigenvalue weighted by Gasteiger charge is -2.29. The smallest absolute Gasteiger partial charge is 0.141 e. The van der Waals surface area contributed by atoms with Crippen LogP contribution in [0.3, 0.4) is 0 Å². The summed E-state index contributed by atoms with van der Waals surface area (Å²) in [6.07, 6.45) is 0. The lowest BCUT2D eigenvalue weighted by atomic mass is 10.0. The lowest BCUT2D eigenvalue weighted by Crippen LogP contribution is -2.08. The summed E-state index contributed by atoms with van der Waals surface area (Å²) in [5.41, 5.74) is 17.7. The Morgan fingerprint density at radius 3 is 0.864 bits per heavy atom. The van der Waals surface area contributed by atoms with E-state index < -0.39 is 14.7 Å². The zero-order chi connectivity index (χ0) is 42.8. The molecule has 0 saturated carbocycles. The van der Waals surface area contributed by atoms with Crippen LogP contribution in [0.1, 0.15) is 0 Å². The molecule has 16 aromatic rings. The molecule has 0 aliphatic rings. The molecule has 0 aliphatic carbocycles. The minimum atomic E-state index is -1.07. The van der Waals surface area contributed by atoms with E-state index in [2.05, 4.69) is 225 Å². The SMILES string of the molecule is c1ccc(-n2c3cccc4oc5cccc6c5p(c43)c3c2cc2c(cc4c5c2n(-c2ccccc2)c2cccc7oc8cccc(c8p5c72)n4-c2ccccc2)c3n6-c2ccccc2)cc1. The third-order valence-corrected chi connectivity index (χ3v) is 19.3. The first-order valence-electron chi connectivity index (χ1n) is 22.4. The fourth-order valence-corrected chi connectivity index (χ4v) is 17.5. The number of nitrogens with zero attached hydrogens (tertiary/aromatic N) is 4. The zero-order valence-electron chi connectivity index (χ0n) is 35.1. The van der Waals surface area contributed by atoms with Crippen molar-refractivity contribution in [3.05, 3.63) is 206 Å². The molecule has 2 atom stereocenters. The van der Waals surface area contributed by atoms with E-state index in [1.54, 1.807) is 0 Å². The Bertz CT molecular complexity index is 4320. The Hall–Kier alpha value is -8.14. The second kappa shape index (κ2) is 12.8. The van der Waals surface area contributed by atoms with E-state index in [0.29, 0.717) is 0 Å². The first-order valence-corrected chi connectivity index (χ1v) is 25.0. The van der Waals surface area contributed by atoms with Crippen molar-refractivity contribution in [2.45, 2.75) is 0 Å². The predicted octanol–water partition coefficient (Wildman–Crippen LogP) is 17.3. The van der Waals surface area contributed by atoms with Crippen LogP contribution in [0.4, 0.5) is 0 Å². The van der Waals surface area contributed by atoms with Gasteiger partial charge in [-0.15, -0.1) is 0 Å².